The molecule has 26 heavy (non-hydrogen) atoms. The van der Waals surface area contributed by atoms with Gasteiger partial charge >= 0.3 is 0 Å². The second-order valence-corrected chi connectivity index (χ2v) is 8.19. The fraction of sp³-hybridized carbons (Fsp3) is 0.750. The first-order valence-corrected chi connectivity index (χ1v) is 11.1. The van der Waals surface area contributed by atoms with Gasteiger partial charge < -0.3 is 16.9 Å². The van der Waals surface area contributed by atoms with E-state index in [4.69, 9.17) is 0 Å². The van der Waals surface area contributed by atoms with Crippen molar-refractivity contribution in [2.24, 2.45) is 0 Å². The molecule has 1 atom stereocenters. The molecule has 0 heterocycles. The van der Waals surface area contributed by atoms with E-state index in [1.807, 2.05) is 0 Å². The van der Waals surface area contributed by atoms with Crippen LogP contribution < -0.4 is 12.4 Å². The van der Waals surface area contributed by atoms with E-state index in [1.165, 1.54) is 107 Å². The number of benzene rings is 1. The molecule has 0 bridgehead atoms. The molecular weight excluding hydrogens is 338 g/mol. The number of unbranched alkanes of at least 4 members (excludes halogenated alkanes) is 11. The van der Waals surface area contributed by atoms with Gasteiger partial charge in [-0.05, 0) is 19.8 Å². The maximum absolute atomic E-state index is 2.42. The van der Waals surface area contributed by atoms with Crippen molar-refractivity contribution in [3.63, 3.8) is 0 Å². The largest absolute Gasteiger partial charge is 1.00 e. The first-order chi connectivity index (χ1) is 12.2. The average Bonchev–Trinajstić information content (AvgIpc) is 2.63. The van der Waals surface area contributed by atoms with Crippen LogP contribution >= 0.6 is 0 Å². The second-order valence-electron chi connectivity index (χ2n) is 8.19. The molecule has 2 heteroatoms. The molecular formula is C24H44ClN. The molecule has 0 saturated heterocycles. The van der Waals surface area contributed by atoms with Crippen LogP contribution in [0.3, 0.4) is 0 Å². The summed E-state index contributed by atoms with van der Waals surface area (Å²) in [5, 5.41) is 0. The highest BCUT2D eigenvalue weighted by molar-refractivity contribution is 5.13. The van der Waals surface area contributed by atoms with E-state index in [1.54, 1.807) is 0 Å². The SMILES string of the molecule is CCCCCCCCCCCCCC[N+](C)(CC)Cc1ccccc1.[Cl-]. The maximum Gasteiger partial charge on any atom is 0.104 e. The van der Waals surface area contributed by atoms with Crippen LogP contribution in [0.2, 0.25) is 0 Å². The molecule has 1 aromatic carbocycles. The Bertz CT molecular complexity index is 406. The van der Waals surface area contributed by atoms with Gasteiger partial charge in [-0.2, -0.15) is 0 Å². The van der Waals surface area contributed by atoms with Gasteiger partial charge in [0.05, 0.1) is 20.1 Å². The molecule has 152 valence electrons. The molecule has 0 aliphatic carbocycles. The third kappa shape index (κ3) is 12.8. The molecule has 0 fully saturated rings. The molecule has 0 spiro atoms. The maximum atomic E-state index is 2.42. The van der Waals surface area contributed by atoms with Crippen LogP contribution in [-0.4, -0.2) is 24.6 Å². The predicted molar refractivity (Wildman–Crippen MR) is 113 cm³/mol. The number of rotatable bonds is 16. The summed E-state index contributed by atoms with van der Waals surface area (Å²) in [5.41, 5.74) is 1.48. The van der Waals surface area contributed by atoms with Gasteiger partial charge in [0.2, 0.25) is 0 Å². The number of nitrogens with zero attached hydrogens (tertiary/aromatic N) is 1. The van der Waals surface area contributed by atoms with E-state index < -0.39 is 0 Å². The van der Waals surface area contributed by atoms with E-state index in [0.29, 0.717) is 0 Å². The van der Waals surface area contributed by atoms with E-state index in [-0.39, 0.29) is 12.4 Å². The predicted octanol–water partition coefficient (Wildman–Crippen LogP) is 4.36. The van der Waals surface area contributed by atoms with Gasteiger partial charge in [0.1, 0.15) is 6.54 Å². The van der Waals surface area contributed by atoms with E-state index in [0.717, 1.165) is 0 Å². The van der Waals surface area contributed by atoms with Gasteiger partial charge in [-0.1, -0.05) is 101 Å². The van der Waals surface area contributed by atoms with E-state index in [9.17, 15) is 0 Å². The summed E-state index contributed by atoms with van der Waals surface area (Å²) in [4.78, 5) is 0. The Morgan fingerprint density at radius 1 is 0.654 bits per heavy atom. The molecule has 0 saturated carbocycles. The van der Waals surface area contributed by atoms with Crippen LogP contribution in [0.4, 0.5) is 0 Å². The van der Waals surface area contributed by atoms with Crippen molar-refractivity contribution < 1.29 is 16.9 Å². The number of quaternary nitrogens is 1. The summed E-state index contributed by atoms with van der Waals surface area (Å²) in [7, 11) is 2.42. The lowest BCUT2D eigenvalue weighted by molar-refractivity contribution is -0.921. The van der Waals surface area contributed by atoms with Gasteiger partial charge in [0.25, 0.3) is 0 Å². The molecule has 1 nitrogen and oxygen atoms in total. The lowest BCUT2D eigenvalue weighted by atomic mass is 10.0. The summed E-state index contributed by atoms with van der Waals surface area (Å²) in [6.45, 7) is 8.36. The van der Waals surface area contributed by atoms with Crippen molar-refractivity contribution in [3.05, 3.63) is 35.9 Å². The molecule has 0 aliphatic heterocycles. The van der Waals surface area contributed by atoms with Crippen LogP contribution in [0.15, 0.2) is 30.3 Å². The summed E-state index contributed by atoms with van der Waals surface area (Å²) < 4.78 is 1.18. The third-order valence-corrected chi connectivity index (χ3v) is 5.72. The number of hydrogen-bond acceptors (Lipinski definition) is 0. The first kappa shape index (κ1) is 25.5. The smallest absolute Gasteiger partial charge is 0.104 e. The topological polar surface area (TPSA) is 0 Å². The van der Waals surface area contributed by atoms with E-state index >= 15 is 0 Å². The Balaban J connectivity index is 0.00000625. The average molecular weight is 382 g/mol. The van der Waals surface area contributed by atoms with Gasteiger partial charge in [-0.15, -0.1) is 0 Å². The van der Waals surface area contributed by atoms with E-state index in [2.05, 4.69) is 51.2 Å². The minimum Gasteiger partial charge on any atom is -1.00 e. The lowest BCUT2D eigenvalue weighted by Crippen LogP contribution is -3.00. The molecule has 0 N–H and O–H groups in total. The monoisotopic (exact) mass is 381 g/mol. The zero-order valence-electron chi connectivity index (χ0n) is 17.8. The summed E-state index contributed by atoms with van der Waals surface area (Å²) in [6, 6.07) is 11.0. The van der Waals surface area contributed by atoms with Crippen LogP contribution in [0.1, 0.15) is 96.5 Å². The molecule has 1 aromatic rings. The van der Waals surface area contributed by atoms with Crippen LogP contribution in [0.25, 0.3) is 0 Å². The highest BCUT2D eigenvalue weighted by Gasteiger charge is 2.18. The van der Waals surface area contributed by atoms with Crippen LogP contribution in [0, 0.1) is 0 Å². The fourth-order valence-corrected chi connectivity index (χ4v) is 3.71. The minimum atomic E-state index is 0. The molecule has 0 aliphatic rings. The molecule has 0 amide bonds. The Morgan fingerprint density at radius 2 is 1.12 bits per heavy atom. The first-order valence-electron chi connectivity index (χ1n) is 11.1. The normalized spacial score (nSPS) is 13.2. The van der Waals surface area contributed by atoms with Crippen molar-refractivity contribution in [1.82, 2.24) is 0 Å². The lowest BCUT2D eigenvalue weighted by Gasteiger charge is -2.33. The third-order valence-electron chi connectivity index (χ3n) is 5.72. The van der Waals surface area contributed by atoms with Crippen molar-refractivity contribution in [2.45, 2.75) is 97.4 Å². The van der Waals surface area contributed by atoms with Crippen molar-refractivity contribution in [1.29, 1.82) is 0 Å². The summed E-state index contributed by atoms with van der Waals surface area (Å²) >= 11 is 0. The van der Waals surface area contributed by atoms with Crippen molar-refractivity contribution in [2.75, 3.05) is 20.1 Å². The summed E-state index contributed by atoms with van der Waals surface area (Å²) in [6.07, 6.45) is 17.2. The fourth-order valence-electron chi connectivity index (χ4n) is 3.71. The second kappa shape index (κ2) is 16.6. The molecule has 0 aromatic heterocycles. The van der Waals surface area contributed by atoms with Crippen molar-refractivity contribution >= 4 is 0 Å². The number of halogens is 1. The molecule has 0 radical (unpaired) electrons. The number of hydrogen-bond donors (Lipinski definition) is 0. The van der Waals surface area contributed by atoms with Gasteiger partial charge in [0.15, 0.2) is 0 Å². The molecule has 1 unspecified atom stereocenters. The Kier molecular flexibility index (Phi) is 16.3. The summed E-state index contributed by atoms with van der Waals surface area (Å²) in [5.74, 6) is 0. The minimum absolute atomic E-state index is 0. The Labute approximate surface area is 170 Å². The zero-order valence-corrected chi connectivity index (χ0v) is 18.6. The molecule has 1 rings (SSSR count). The highest BCUT2D eigenvalue weighted by Crippen LogP contribution is 2.16. The quantitative estimate of drug-likeness (QED) is 0.295. The Morgan fingerprint density at radius 3 is 1.58 bits per heavy atom. The van der Waals surface area contributed by atoms with Gasteiger partial charge in [-0.3, -0.25) is 0 Å². The van der Waals surface area contributed by atoms with Crippen LogP contribution in [-0.2, 0) is 6.54 Å². The van der Waals surface area contributed by atoms with Gasteiger partial charge in [0, 0.05) is 5.56 Å². The van der Waals surface area contributed by atoms with Gasteiger partial charge in [-0.25, -0.2) is 0 Å². The zero-order chi connectivity index (χ0) is 18.2. The van der Waals surface area contributed by atoms with Crippen LogP contribution in [0.5, 0.6) is 0 Å². The standard InChI is InChI=1S/C24H44N.ClH/c1-4-6-7-8-9-10-11-12-13-14-15-19-22-25(3,5-2)23-24-20-17-16-18-21-24;/h16-18,20-21H,4-15,19,22-23H2,1-3H3;1H/q+1;/p-1. The van der Waals surface area contributed by atoms with Crippen molar-refractivity contribution in [3.8, 4) is 0 Å². The Hall–Kier alpha value is -0.530. The highest BCUT2D eigenvalue weighted by atomic mass is 35.5.